The predicted molar refractivity (Wildman–Crippen MR) is 72.6 cm³/mol. The maximum Gasteiger partial charge on any atom is 0.256 e. The molecule has 2 aromatic rings. The SMILES string of the molecule is Cc1ccc(NC(=O)c2ccsc2C)cc1N. The molecule has 0 saturated carbocycles. The molecule has 0 atom stereocenters. The highest BCUT2D eigenvalue weighted by molar-refractivity contribution is 7.10. The van der Waals surface area contributed by atoms with E-state index in [9.17, 15) is 4.79 Å². The van der Waals surface area contributed by atoms with Crippen molar-refractivity contribution in [2.24, 2.45) is 0 Å². The molecule has 1 aromatic heterocycles. The Bertz CT molecular complexity index is 560. The summed E-state index contributed by atoms with van der Waals surface area (Å²) in [5, 5.41) is 4.75. The van der Waals surface area contributed by atoms with E-state index in [0.717, 1.165) is 16.1 Å². The van der Waals surface area contributed by atoms with Crippen LogP contribution in [0.15, 0.2) is 29.6 Å². The van der Waals surface area contributed by atoms with Crippen molar-refractivity contribution in [1.82, 2.24) is 0 Å². The first-order valence-electron chi connectivity index (χ1n) is 5.29. The Morgan fingerprint density at radius 3 is 2.65 bits per heavy atom. The summed E-state index contributed by atoms with van der Waals surface area (Å²) in [4.78, 5) is 13.0. The lowest BCUT2D eigenvalue weighted by molar-refractivity contribution is 0.102. The van der Waals surface area contributed by atoms with Crippen LogP contribution in [0.2, 0.25) is 0 Å². The molecule has 17 heavy (non-hydrogen) atoms. The number of hydrogen-bond acceptors (Lipinski definition) is 3. The first-order valence-corrected chi connectivity index (χ1v) is 6.17. The van der Waals surface area contributed by atoms with E-state index in [1.54, 1.807) is 17.4 Å². The van der Waals surface area contributed by atoms with E-state index >= 15 is 0 Å². The molecule has 2 rings (SSSR count). The molecule has 0 aliphatic heterocycles. The molecule has 0 fully saturated rings. The number of rotatable bonds is 2. The molecule has 0 aliphatic rings. The molecule has 0 bridgehead atoms. The molecule has 3 N–H and O–H groups in total. The van der Waals surface area contributed by atoms with Crippen molar-refractivity contribution in [3.63, 3.8) is 0 Å². The van der Waals surface area contributed by atoms with E-state index in [-0.39, 0.29) is 5.91 Å². The first-order chi connectivity index (χ1) is 8.08. The molecule has 0 aliphatic carbocycles. The number of hydrogen-bond donors (Lipinski definition) is 2. The van der Waals surface area contributed by atoms with E-state index in [2.05, 4.69) is 5.32 Å². The van der Waals surface area contributed by atoms with Crippen LogP contribution in [0.5, 0.6) is 0 Å². The van der Waals surface area contributed by atoms with Crippen LogP contribution in [-0.2, 0) is 0 Å². The molecular formula is C13H14N2OS. The van der Waals surface area contributed by atoms with Gasteiger partial charge in [0.1, 0.15) is 0 Å². The number of thiophene rings is 1. The summed E-state index contributed by atoms with van der Waals surface area (Å²) in [6, 6.07) is 7.35. The minimum absolute atomic E-state index is 0.0907. The van der Waals surface area contributed by atoms with Crippen molar-refractivity contribution in [3.8, 4) is 0 Å². The van der Waals surface area contributed by atoms with Crippen molar-refractivity contribution in [1.29, 1.82) is 0 Å². The van der Waals surface area contributed by atoms with E-state index < -0.39 is 0 Å². The van der Waals surface area contributed by atoms with Crippen LogP contribution < -0.4 is 11.1 Å². The summed E-state index contributed by atoms with van der Waals surface area (Å²) in [5.41, 5.74) is 8.93. The van der Waals surface area contributed by atoms with Gasteiger partial charge in [0.25, 0.3) is 5.91 Å². The highest BCUT2D eigenvalue weighted by Crippen LogP contribution is 2.20. The number of carbonyl (C=O) groups is 1. The van der Waals surface area contributed by atoms with Gasteiger partial charge < -0.3 is 11.1 Å². The van der Waals surface area contributed by atoms with Crippen molar-refractivity contribution in [2.45, 2.75) is 13.8 Å². The van der Waals surface area contributed by atoms with Gasteiger partial charge in [-0.1, -0.05) is 6.07 Å². The molecular weight excluding hydrogens is 232 g/mol. The zero-order chi connectivity index (χ0) is 12.4. The summed E-state index contributed by atoms with van der Waals surface area (Å²) in [6.45, 7) is 3.87. The van der Waals surface area contributed by atoms with Crippen molar-refractivity contribution in [2.75, 3.05) is 11.1 Å². The largest absolute Gasteiger partial charge is 0.398 e. The maximum absolute atomic E-state index is 11.9. The summed E-state index contributed by atoms with van der Waals surface area (Å²) >= 11 is 1.56. The summed E-state index contributed by atoms with van der Waals surface area (Å²) < 4.78 is 0. The molecule has 0 radical (unpaired) electrons. The van der Waals surface area contributed by atoms with Gasteiger partial charge in [-0.25, -0.2) is 0 Å². The predicted octanol–water partition coefficient (Wildman–Crippen LogP) is 3.20. The molecule has 4 heteroatoms. The smallest absolute Gasteiger partial charge is 0.256 e. The Hall–Kier alpha value is -1.81. The third-order valence-electron chi connectivity index (χ3n) is 2.64. The van der Waals surface area contributed by atoms with Crippen LogP contribution >= 0.6 is 11.3 Å². The van der Waals surface area contributed by atoms with Gasteiger partial charge in [0.2, 0.25) is 0 Å². The Balaban J connectivity index is 2.19. The third-order valence-corrected chi connectivity index (χ3v) is 3.49. The van der Waals surface area contributed by atoms with Gasteiger partial charge in [0, 0.05) is 16.3 Å². The molecule has 0 saturated heterocycles. The third kappa shape index (κ3) is 2.47. The fraction of sp³-hybridized carbons (Fsp3) is 0.154. The van der Waals surface area contributed by atoms with Gasteiger partial charge in [-0.3, -0.25) is 4.79 Å². The topological polar surface area (TPSA) is 55.1 Å². The number of anilines is 2. The van der Waals surface area contributed by atoms with Gasteiger partial charge in [-0.2, -0.15) is 0 Å². The van der Waals surface area contributed by atoms with Gasteiger partial charge >= 0.3 is 0 Å². The van der Waals surface area contributed by atoms with Crippen LogP contribution in [0.4, 0.5) is 11.4 Å². The fourth-order valence-electron chi connectivity index (χ4n) is 1.54. The second-order valence-corrected chi connectivity index (χ2v) is 5.04. The second kappa shape index (κ2) is 4.59. The van der Waals surface area contributed by atoms with Crippen LogP contribution in [0.1, 0.15) is 20.8 Å². The summed E-state index contributed by atoms with van der Waals surface area (Å²) in [7, 11) is 0. The van der Waals surface area contributed by atoms with Gasteiger partial charge in [0.05, 0.1) is 5.56 Å². The first kappa shape index (κ1) is 11.7. The summed E-state index contributed by atoms with van der Waals surface area (Å²) in [6.07, 6.45) is 0. The number of nitrogen functional groups attached to an aromatic ring is 1. The Labute approximate surface area is 104 Å². The van der Waals surface area contributed by atoms with Gasteiger partial charge in [-0.05, 0) is 43.0 Å². The minimum Gasteiger partial charge on any atom is -0.398 e. The maximum atomic E-state index is 11.9. The zero-order valence-electron chi connectivity index (χ0n) is 9.78. The fourth-order valence-corrected chi connectivity index (χ4v) is 2.23. The molecule has 0 spiro atoms. The number of amides is 1. The van der Waals surface area contributed by atoms with Crippen LogP contribution in [0.3, 0.4) is 0 Å². The van der Waals surface area contributed by atoms with Crippen LogP contribution in [-0.4, -0.2) is 5.91 Å². The molecule has 88 valence electrons. The lowest BCUT2D eigenvalue weighted by Crippen LogP contribution is -2.12. The Kier molecular flexibility index (Phi) is 3.15. The van der Waals surface area contributed by atoms with E-state index in [0.29, 0.717) is 11.3 Å². The van der Waals surface area contributed by atoms with Crippen LogP contribution in [0.25, 0.3) is 0 Å². The number of benzene rings is 1. The Morgan fingerprint density at radius 1 is 1.29 bits per heavy atom. The lowest BCUT2D eigenvalue weighted by Gasteiger charge is -2.07. The van der Waals surface area contributed by atoms with Crippen molar-refractivity contribution >= 4 is 28.6 Å². The second-order valence-electron chi connectivity index (χ2n) is 3.92. The molecule has 1 amide bonds. The standard InChI is InChI=1S/C13H14N2OS/c1-8-3-4-10(7-12(8)14)15-13(16)11-5-6-17-9(11)2/h3-7H,14H2,1-2H3,(H,15,16). The molecule has 0 unspecified atom stereocenters. The average molecular weight is 246 g/mol. The molecule has 3 nitrogen and oxygen atoms in total. The van der Waals surface area contributed by atoms with Gasteiger partial charge in [0.15, 0.2) is 0 Å². The highest BCUT2D eigenvalue weighted by atomic mass is 32.1. The molecule has 1 aromatic carbocycles. The normalized spacial score (nSPS) is 10.2. The van der Waals surface area contributed by atoms with Gasteiger partial charge in [-0.15, -0.1) is 11.3 Å². The van der Waals surface area contributed by atoms with E-state index in [1.807, 2.05) is 37.4 Å². The van der Waals surface area contributed by atoms with E-state index in [4.69, 9.17) is 5.73 Å². The van der Waals surface area contributed by atoms with Crippen LogP contribution in [0, 0.1) is 13.8 Å². The zero-order valence-corrected chi connectivity index (χ0v) is 10.6. The average Bonchev–Trinajstić information content (AvgIpc) is 2.70. The number of nitrogens with two attached hydrogens (primary N) is 1. The lowest BCUT2D eigenvalue weighted by atomic mass is 10.2. The monoisotopic (exact) mass is 246 g/mol. The van der Waals surface area contributed by atoms with E-state index in [1.165, 1.54) is 0 Å². The Morgan fingerprint density at radius 2 is 2.06 bits per heavy atom. The number of aryl methyl sites for hydroxylation is 2. The quantitative estimate of drug-likeness (QED) is 0.799. The highest BCUT2D eigenvalue weighted by Gasteiger charge is 2.10. The number of nitrogens with one attached hydrogen (secondary N) is 1. The summed E-state index contributed by atoms with van der Waals surface area (Å²) in [5.74, 6) is -0.0907. The van der Waals surface area contributed by atoms with Crippen molar-refractivity contribution < 1.29 is 4.79 Å². The molecule has 1 heterocycles. The minimum atomic E-state index is -0.0907. The number of carbonyl (C=O) groups excluding carboxylic acids is 1. The van der Waals surface area contributed by atoms with Crippen molar-refractivity contribution in [3.05, 3.63) is 45.6 Å².